The molecule has 0 atom stereocenters. The Hall–Kier alpha value is -4.07. The van der Waals surface area contributed by atoms with Crippen LogP contribution in [0.3, 0.4) is 0 Å². The molecule has 0 aliphatic rings. The van der Waals surface area contributed by atoms with E-state index in [1.807, 2.05) is 56.3 Å². The zero-order valence-corrected chi connectivity index (χ0v) is 18.3. The van der Waals surface area contributed by atoms with Crippen LogP contribution < -0.4 is 20.5 Å². The minimum Gasteiger partial charge on any atom is -0.496 e. The highest BCUT2D eigenvalue weighted by atomic mass is 16.5. The number of rotatable bonds is 9. The summed E-state index contributed by atoms with van der Waals surface area (Å²) in [6.07, 6.45) is 4.61. The predicted octanol–water partition coefficient (Wildman–Crippen LogP) is 3.55. The smallest absolute Gasteiger partial charge is 0.271 e. The molecule has 0 aliphatic heterocycles. The van der Waals surface area contributed by atoms with Gasteiger partial charge < -0.3 is 20.5 Å². The number of nitrogens with one attached hydrogen (secondary N) is 1. The molecule has 3 aromatic rings. The van der Waals surface area contributed by atoms with Gasteiger partial charge in [0.25, 0.3) is 5.91 Å². The van der Waals surface area contributed by atoms with Gasteiger partial charge >= 0.3 is 0 Å². The normalized spacial score (nSPS) is 10.8. The number of hydrogen-bond acceptors (Lipinski definition) is 5. The highest BCUT2D eigenvalue weighted by Gasteiger charge is 2.15. The molecule has 8 nitrogen and oxygen atoms in total. The molecule has 166 valence electrons. The molecule has 0 spiro atoms. The highest BCUT2D eigenvalue weighted by molar-refractivity contribution is 6.06. The van der Waals surface area contributed by atoms with Crippen molar-refractivity contribution in [3.63, 3.8) is 0 Å². The average molecular weight is 434 g/mol. The number of ether oxygens (including phenoxy) is 2. The van der Waals surface area contributed by atoms with Gasteiger partial charge in [-0.2, -0.15) is 5.10 Å². The van der Waals surface area contributed by atoms with Crippen molar-refractivity contribution < 1.29 is 19.1 Å². The van der Waals surface area contributed by atoms with Crippen molar-refractivity contribution in [2.45, 2.75) is 27.0 Å². The number of carbonyl (C=O) groups is 2. The molecule has 3 rings (SSSR count). The number of anilines is 1. The Balaban J connectivity index is 1.71. The lowest BCUT2D eigenvalue weighted by Crippen LogP contribution is -2.16. The topological polar surface area (TPSA) is 108 Å². The molecule has 0 saturated carbocycles. The Kier molecular flexibility index (Phi) is 7.28. The molecule has 8 heteroatoms. The minimum atomic E-state index is -0.704. The summed E-state index contributed by atoms with van der Waals surface area (Å²) in [5, 5.41) is 6.70. The minimum absolute atomic E-state index is 0.0219. The van der Waals surface area contributed by atoms with Gasteiger partial charge in [-0.05, 0) is 55.3 Å². The summed E-state index contributed by atoms with van der Waals surface area (Å²) in [4.78, 5) is 23.9. The third-order valence-corrected chi connectivity index (χ3v) is 4.69. The molecule has 1 aromatic heterocycles. The summed E-state index contributed by atoms with van der Waals surface area (Å²) in [5.74, 6) is 0.351. The summed E-state index contributed by atoms with van der Waals surface area (Å²) >= 11 is 0. The van der Waals surface area contributed by atoms with Gasteiger partial charge in [-0.15, -0.1) is 0 Å². The maximum Gasteiger partial charge on any atom is 0.271 e. The van der Waals surface area contributed by atoms with E-state index < -0.39 is 11.8 Å². The Morgan fingerprint density at radius 1 is 1.22 bits per heavy atom. The van der Waals surface area contributed by atoms with Crippen molar-refractivity contribution in [1.82, 2.24) is 9.78 Å². The molecule has 0 aliphatic carbocycles. The lowest BCUT2D eigenvalue weighted by atomic mass is 10.1. The quantitative estimate of drug-likeness (QED) is 0.501. The van der Waals surface area contributed by atoms with Crippen molar-refractivity contribution in [1.29, 1.82) is 0 Å². The fraction of sp³-hybridized carbons (Fsp3) is 0.208. The maximum atomic E-state index is 12.4. The van der Waals surface area contributed by atoms with E-state index in [2.05, 4.69) is 10.4 Å². The first kappa shape index (κ1) is 22.6. The third-order valence-electron chi connectivity index (χ3n) is 4.69. The van der Waals surface area contributed by atoms with Gasteiger partial charge in [0.2, 0.25) is 5.91 Å². The maximum absolute atomic E-state index is 12.4. The first-order valence-corrected chi connectivity index (χ1v) is 10.1. The Bertz CT molecular complexity index is 1150. The number of primary amides is 1. The van der Waals surface area contributed by atoms with Gasteiger partial charge in [0, 0.05) is 24.4 Å². The summed E-state index contributed by atoms with van der Waals surface area (Å²) in [6.45, 7) is 4.74. The van der Waals surface area contributed by atoms with Gasteiger partial charge in [0.1, 0.15) is 18.1 Å². The highest BCUT2D eigenvalue weighted by Crippen LogP contribution is 2.23. The Labute approximate surface area is 186 Å². The Morgan fingerprint density at radius 2 is 2.03 bits per heavy atom. The molecule has 3 N–H and O–H groups in total. The van der Waals surface area contributed by atoms with Crippen molar-refractivity contribution >= 4 is 23.6 Å². The van der Waals surface area contributed by atoms with Crippen molar-refractivity contribution in [3.8, 4) is 11.5 Å². The molecule has 0 radical (unpaired) electrons. The number of nitrogens with zero attached hydrogens (tertiary/aromatic N) is 2. The fourth-order valence-corrected chi connectivity index (χ4v) is 3.08. The van der Waals surface area contributed by atoms with Crippen LogP contribution in [0.2, 0.25) is 0 Å². The molecule has 1 heterocycles. The second-order valence-corrected chi connectivity index (χ2v) is 7.11. The van der Waals surface area contributed by atoms with Gasteiger partial charge in [-0.3, -0.25) is 14.3 Å². The van der Waals surface area contributed by atoms with E-state index in [-0.39, 0.29) is 11.4 Å². The summed E-state index contributed by atoms with van der Waals surface area (Å²) in [5.41, 5.74) is 8.39. The van der Waals surface area contributed by atoms with Gasteiger partial charge in [-0.1, -0.05) is 18.2 Å². The van der Waals surface area contributed by atoms with E-state index in [0.29, 0.717) is 18.9 Å². The molecule has 2 amide bonds. The molecule has 32 heavy (non-hydrogen) atoms. The van der Waals surface area contributed by atoms with Crippen LogP contribution in [0.25, 0.3) is 6.08 Å². The number of nitrogens with two attached hydrogens (primary N) is 1. The van der Waals surface area contributed by atoms with Gasteiger partial charge in [0.05, 0.1) is 12.8 Å². The standard InChI is InChI=1S/C24H26N4O4/c1-4-28-14-20(23(27-28)24(25)30)26-22(29)11-9-17-8-10-21(31-3)18(13-17)15-32-19-7-5-6-16(2)12-19/h5-14H,4,15H2,1-3H3,(H2,25,30)(H,26,29)/b11-9+. The molecule has 0 saturated heterocycles. The van der Waals surface area contributed by atoms with Crippen LogP contribution in [0.1, 0.15) is 34.1 Å². The van der Waals surface area contributed by atoms with Gasteiger partial charge in [-0.25, -0.2) is 0 Å². The monoisotopic (exact) mass is 434 g/mol. The molecular weight excluding hydrogens is 408 g/mol. The molecule has 0 fully saturated rings. The summed E-state index contributed by atoms with van der Waals surface area (Å²) < 4.78 is 12.8. The number of benzene rings is 2. The lowest BCUT2D eigenvalue weighted by molar-refractivity contribution is -0.111. The van der Waals surface area contributed by atoms with Crippen LogP contribution in [0.15, 0.2) is 54.7 Å². The second-order valence-electron chi connectivity index (χ2n) is 7.11. The van der Waals surface area contributed by atoms with E-state index in [9.17, 15) is 9.59 Å². The van der Waals surface area contributed by atoms with E-state index in [4.69, 9.17) is 15.2 Å². The number of methoxy groups -OCH3 is 1. The number of amides is 2. The van der Waals surface area contributed by atoms with Crippen LogP contribution in [0.5, 0.6) is 11.5 Å². The van der Waals surface area contributed by atoms with Crippen LogP contribution in [-0.4, -0.2) is 28.7 Å². The van der Waals surface area contributed by atoms with Gasteiger partial charge in [0.15, 0.2) is 5.69 Å². The van der Waals surface area contributed by atoms with E-state index in [0.717, 1.165) is 22.4 Å². The molecule has 0 unspecified atom stereocenters. The molecule has 2 aromatic carbocycles. The molecule has 0 bridgehead atoms. The van der Waals surface area contributed by atoms with Crippen molar-refractivity contribution in [3.05, 3.63) is 77.1 Å². The van der Waals surface area contributed by atoms with E-state index in [1.54, 1.807) is 19.4 Å². The number of aromatic nitrogens is 2. The number of aryl methyl sites for hydroxylation is 2. The number of carbonyl (C=O) groups excluding carboxylic acids is 2. The van der Waals surface area contributed by atoms with Crippen LogP contribution in [0.4, 0.5) is 5.69 Å². The predicted molar refractivity (Wildman–Crippen MR) is 123 cm³/mol. The van der Waals surface area contributed by atoms with Crippen LogP contribution in [-0.2, 0) is 17.9 Å². The molecular formula is C24H26N4O4. The largest absolute Gasteiger partial charge is 0.496 e. The zero-order valence-electron chi connectivity index (χ0n) is 18.3. The van der Waals surface area contributed by atoms with Crippen LogP contribution >= 0.6 is 0 Å². The fourth-order valence-electron chi connectivity index (χ4n) is 3.08. The van der Waals surface area contributed by atoms with Crippen molar-refractivity contribution in [2.75, 3.05) is 12.4 Å². The Morgan fingerprint density at radius 3 is 2.72 bits per heavy atom. The number of hydrogen-bond donors (Lipinski definition) is 2. The van der Waals surface area contributed by atoms with Crippen molar-refractivity contribution in [2.24, 2.45) is 5.73 Å². The lowest BCUT2D eigenvalue weighted by Gasteiger charge is -2.11. The third kappa shape index (κ3) is 5.75. The zero-order chi connectivity index (χ0) is 23.1. The van der Waals surface area contributed by atoms with Crippen LogP contribution in [0, 0.1) is 6.92 Å². The first-order chi connectivity index (χ1) is 15.4. The second kappa shape index (κ2) is 10.3. The summed E-state index contributed by atoms with van der Waals surface area (Å²) in [6, 6.07) is 13.3. The SMILES string of the molecule is CCn1cc(NC(=O)/C=C/c2ccc(OC)c(COc3cccc(C)c3)c2)c(C(N)=O)n1. The first-order valence-electron chi connectivity index (χ1n) is 10.1. The van der Waals surface area contributed by atoms with E-state index >= 15 is 0 Å². The van der Waals surface area contributed by atoms with E-state index in [1.165, 1.54) is 10.8 Å². The summed E-state index contributed by atoms with van der Waals surface area (Å²) in [7, 11) is 1.60. The average Bonchev–Trinajstić information content (AvgIpc) is 3.19.